The van der Waals surface area contributed by atoms with E-state index in [1.54, 1.807) is 0 Å². The highest BCUT2D eigenvalue weighted by Gasteiger charge is 2.21. The summed E-state index contributed by atoms with van der Waals surface area (Å²) in [5, 5.41) is 27.8. The minimum atomic E-state index is -1.33. The highest BCUT2D eigenvalue weighted by atomic mass is 19.1. The normalized spacial score (nSPS) is 12.6. The molecule has 0 radical (unpaired) electrons. The lowest BCUT2D eigenvalue weighted by Gasteiger charge is -2.18. The summed E-state index contributed by atoms with van der Waals surface area (Å²) < 4.78 is 14.5. The predicted octanol–water partition coefficient (Wildman–Crippen LogP) is 0.500. The third-order valence-electron chi connectivity index (χ3n) is 3.27. The van der Waals surface area contributed by atoms with Gasteiger partial charge in [-0.25, -0.2) is 9.18 Å². The molecule has 0 aliphatic heterocycles. The van der Waals surface area contributed by atoms with E-state index in [9.17, 15) is 24.2 Å². The van der Waals surface area contributed by atoms with E-state index >= 15 is 0 Å². The summed E-state index contributed by atoms with van der Waals surface area (Å²) >= 11 is 0. The van der Waals surface area contributed by atoms with E-state index in [0.717, 1.165) is 12.1 Å². The van der Waals surface area contributed by atoms with Crippen LogP contribution in [-0.4, -0.2) is 38.6 Å². The third kappa shape index (κ3) is 2.65. The van der Waals surface area contributed by atoms with Crippen molar-refractivity contribution in [1.82, 2.24) is 4.57 Å². The number of benzene rings is 1. The fourth-order valence-corrected chi connectivity index (χ4v) is 2.29. The number of pyridine rings is 1. The second kappa shape index (κ2) is 5.63. The molecular weight excluding hydrogens is 281 g/mol. The van der Waals surface area contributed by atoms with Gasteiger partial charge < -0.3 is 19.9 Å². The first-order valence-corrected chi connectivity index (χ1v) is 6.21. The molecule has 0 bridgehead atoms. The molecule has 0 aliphatic rings. The molecular formula is C14H14FNO5. The first kappa shape index (κ1) is 15.1. The smallest absolute Gasteiger partial charge is 0.352 e. The second-order valence-corrected chi connectivity index (χ2v) is 4.72. The lowest BCUT2D eigenvalue weighted by atomic mass is 10.1. The Labute approximate surface area is 118 Å². The quantitative estimate of drug-likeness (QED) is 0.762. The van der Waals surface area contributed by atoms with Gasteiger partial charge in [-0.15, -0.1) is 0 Å². The molecule has 0 fully saturated rings. The molecule has 1 heterocycles. The van der Waals surface area contributed by atoms with Crippen LogP contribution in [0.1, 0.15) is 16.1 Å². The number of halogens is 1. The van der Waals surface area contributed by atoms with Crippen LogP contribution in [-0.2, 0) is 6.54 Å². The van der Waals surface area contributed by atoms with Crippen molar-refractivity contribution in [2.45, 2.75) is 19.6 Å². The summed E-state index contributed by atoms with van der Waals surface area (Å²) in [5.74, 6) is -1.95. The molecule has 2 aromatic rings. The second-order valence-electron chi connectivity index (χ2n) is 4.72. The lowest BCUT2D eigenvalue weighted by molar-refractivity contribution is 0.0654. The number of hydrogen-bond donors (Lipinski definition) is 3. The van der Waals surface area contributed by atoms with Crippen molar-refractivity contribution in [2.75, 3.05) is 6.61 Å². The van der Waals surface area contributed by atoms with Crippen LogP contribution in [0.25, 0.3) is 10.9 Å². The number of hydrogen-bond acceptors (Lipinski definition) is 4. The van der Waals surface area contributed by atoms with E-state index in [1.807, 2.05) is 0 Å². The van der Waals surface area contributed by atoms with Gasteiger partial charge in [-0.3, -0.25) is 4.79 Å². The summed E-state index contributed by atoms with van der Waals surface area (Å²) in [4.78, 5) is 23.6. The predicted molar refractivity (Wildman–Crippen MR) is 73.0 cm³/mol. The van der Waals surface area contributed by atoms with Crippen LogP contribution in [0.15, 0.2) is 23.0 Å². The highest BCUT2D eigenvalue weighted by Crippen LogP contribution is 2.18. The third-order valence-corrected chi connectivity index (χ3v) is 3.27. The minimum Gasteiger partial charge on any atom is -0.477 e. The van der Waals surface area contributed by atoms with Crippen LogP contribution in [0.4, 0.5) is 4.39 Å². The number of fused-ring (bicyclic) bond motifs is 1. The lowest BCUT2D eigenvalue weighted by Crippen LogP contribution is -2.28. The molecule has 0 aliphatic carbocycles. The average molecular weight is 295 g/mol. The van der Waals surface area contributed by atoms with E-state index < -0.39 is 29.9 Å². The number of aromatic carboxylic acids is 1. The van der Waals surface area contributed by atoms with Crippen LogP contribution in [0.5, 0.6) is 0 Å². The molecule has 112 valence electrons. The molecule has 21 heavy (non-hydrogen) atoms. The molecule has 1 aromatic heterocycles. The summed E-state index contributed by atoms with van der Waals surface area (Å²) in [6, 6.07) is 3.41. The highest BCUT2D eigenvalue weighted by molar-refractivity contribution is 5.92. The Bertz CT molecular complexity index is 768. The number of aromatic nitrogens is 1. The van der Waals surface area contributed by atoms with Crippen LogP contribution in [0, 0.1) is 12.7 Å². The first-order chi connectivity index (χ1) is 9.86. The van der Waals surface area contributed by atoms with Gasteiger partial charge in [-0.05, 0) is 25.1 Å². The maximum absolute atomic E-state index is 13.3. The maximum Gasteiger partial charge on any atom is 0.352 e. The van der Waals surface area contributed by atoms with Crippen LogP contribution < -0.4 is 5.43 Å². The van der Waals surface area contributed by atoms with Crippen LogP contribution in [0.3, 0.4) is 0 Å². The fourth-order valence-electron chi connectivity index (χ4n) is 2.29. The van der Waals surface area contributed by atoms with Gasteiger partial charge in [-0.1, -0.05) is 0 Å². The van der Waals surface area contributed by atoms with Gasteiger partial charge in [0.2, 0.25) is 0 Å². The van der Waals surface area contributed by atoms with Crippen molar-refractivity contribution in [3.8, 4) is 0 Å². The Kier molecular flexibility index (Phi) is 4.06. The minimum absolute atomic E-state index is 0.0302. The maximum atomic E-state index is 13.3. The van der Waals surface area contributed by atoms with E-state index in [4.69, 9.17) is 5.11 Å². The molecule has 3 N–H and O–H groups in total. The largest absolute Gasteiger partial charge is 0.477 e. The van der Waals surface area contributed by atoms with Gasteiger partial charge in [-0.2, -0.15) is 0 Å². The standard InChI is InChI=1S/C14H14FNO5/c1-7-12(14(20)21)16(5-9(18)6-17)11-3-2-8(15)4-10(11)13(7)19/h2-4,9,17-18H,5-6H2,1H3,(H,20,21). The van der Waals surface area contributed by atoms with Crippen molar-refractivity contribution in [2.24, 2.45) is 0 Å². The Balaban J connectivity index is 2.89. The van der Waals surface area contributed by atoms with Gasteiger partial charge >= 0.3 is 5.97 Å². The van der Waals surface area contributed by atoms with Gasteiger partial charge in [0.05, 0.1) is 24.8 Å². The SMILES string of the molecule is Cc1c(C(=O)O)n(CC(O)CO)c2ccc(F)cc2c1=O. The van der Waals surface area contributed by atoms with Gasteiger partial charge in [0.15, 0.2) is 5.43 Å². The molecule has 6 nitrogen and oxygen atoms in total. The van der Waals surface area contributed by atoms with Crippen LogP contribution >= 0.6 is 0 Å². The molecule has 1 unspecified atom stereocenters. The van der Waals surface area contributed by atoms with E-state index in [-0.39, 0.29) is 28.7 Å². The van der Waals surface area contributed by atoms with Gasteiger partial charge in [0.25, 0.3) is 0 Å². The Hall–Kier alpha value is -2.25. The monoisotopic (exact) mass is 295 g/mol. The number of aliphatic hydroxyl groups is 2. The first-order valence-electron chi connectivity index (χ1n) is 6.21. The molecule has 0 amide bonds. The van der Waals surface area contributed by atoms with E-state index in [0.29, 0.717) is 0 Å². The number of carboxylic acids is 1. The van der Waals surface area contributed by atoms with Crippen LogP contribution in [0.2, 0.25) is 0 Å². The fraction of sp³-hybridized carbons (Fsp3) is 0.286. The molecule has 0 saturated heterocycles. The van der Waals surface area contributed by atoms with Crippen molar-refractivity contribution in [1.29, 1.82) is 0 Å². The summed E-state index contributed by atoms with van der Waals surface area (Å²) in [6.45, 7) is 0.548. The Morgan fingerprint density at radius 2 is 2.10 bits per heavy atom. The molecule has 7 heteroatoms. The zero-order chi connectivity index (χ0) is 15.7. The molecule has 0 spiro atoms. The molecule has 2 rings (SSSR count). The zero-order valence-electron chi connectivity index (χ0n) is 11.2. The Morgan fingerprint density at radius 1 is 1.43 bits per heavy atom. The number of aliphatic hydroxyl groups excluding tert-OH is 2. The van der Waals surface area contributed by atoms with E-state index in [2.05, 4.69) is 0 Å². The number of carbonyl (C=O) groups is 1. The topological polar surface area (TPSA) is 99.8 Å². The average Bonchev–Trinajstić information content (AvgIpc) is 2.43. The molecule has 1 atom stereocenters. The van der Waals surface area contributed by atoms with Crippen molar-refractivity contribution >= 4 is 16.9 Å². The van der Waals surface area contributed by atoms with Gasteiger partial charge in [0.1, 0.15) is 11.5 Å². The van der Waals surface area contributed by atoms with Crippen molar-refractivity contribution < 1.29 is 24.5 Å². The number of carboxylic acid groups (broad SMARTS) is 1. The Morgan fingerprint density at radius 3 is 2.67 bits per heavy atom. The molecule has 1 aromatic carbocycles. The van der Waals surface area contributed by atoms with E-state index in [1.165, 1.54) is 17.6 Å². The number of nitrogens with zero attached hydrogens (tertiary/aromatic N) is 1. The summed E-state index contributed by atoms with van der Waals surface area (Å²) in [6.07, 6.45) is -1.20. The molecule has 0 saturated carbocycles. The van der Waals surface area contributed by atoms with Crippen molar-refractivity contribution in [3.05, 3.63) is 45.5 Å². The zero-order valence-corrected chi connectivity index (χ0v) is 11.2. The van der Waals surface area contributed by atoms with Crippen molar-refractivity contribution in [3.63, 3.8) is 0 Å². The summed E-state index contributed by atoms with van der Waals surface area (Å²) in [5.41, 5.74) is -0.717. The number of rotatable bonds is 4. The summed E-state index contributed by atoms with van der Waals surface area (Å²) in [7, 11) is 0. The van der Waals surface area contributed by atoms with Gasteiger partial charge in [0, 0.05) is 10.9 Å².